The highest BCUT2D eigenvalue weighted by atomic mass is 28.4. The standard InChI is InChI=1S/C14H18N2OSi/c1-4-17-18(2,3)12-8-9-14(16-11-12)13-7-5-6-10-15-13/h5-11H,4H2,1-3H3. The molecule has 0 amide bonds. The van der Waals surface area contributed by atoms with E-state index >= 15 is 0 Å². The van der Waals surface area contributed by atoms with Crippen LogP contribution in [0.25, 0.3) is 11.4 Å². The van der Waals surface area contributed by atoms with Gasteiger partial charge in [0.2, 0.25) is 8.32 Å². The molecule has 94 valence electrons. The quantitative estimate of drug-likeness (QED) is 0.791. The highest BCUT2D eigenvalue weighted by Gasteiger charge is 2.24. The van der Waals surface area contributed by atoms with Gasteiger partial charge in [-0.1, -0.05) is 12.1 Å². The third kappa shape index (κ3) is 2.83. The Morgan fingerprint density at radius 3 is 2.39 bits per heavy atom. The zero-order chi connectivity index (χ0) is 13.0. The lowest BCUT2D eigenvalue weighted by Crippen LogP contribution is -2.44. The predicted molar refractivity (Wildman–Crippen MR) is 76.2 cm³/mol. The van der Waals surface area contributed by atoms with Gasteiger partial charge in [-0.15, -0.1) is 0 Å². The molecule has 3 nitrogen and oxygen atoms in total. The maximum absolute atomic E-state index is 5.84. The minimum absolute atomic E-state index is 0.751. The van der Waals surface area contributed by atoms with Gasteiger partial charge in [0.15, 0.2) is 0 Å². The summed E-state index contributed by atoms with van der Waals surface area (Å²) in [7, 11) is -1.79. The fraction of sp³-hybridized carbons (Fsp3) is 0.286. The maximum Gasteiger partial charge on any atom is 0.219 e. The number of pyridine rings is 2. The zero-order valence-electron chi connectivity index (χ0n) is 11.1. The third-order valence-corrected chi connectivity index (χ3v) is 5.59. The van der Waals surface area contributed by atoms with Crippen LogP contribution >= 0.6 is 0 Å². The second kappa shape index (κ2) is 5.41. The lowest BCUT2D eigenvalue weighted by molar-refractivity contribution is 0.339. The largest absolute Gasteiger partial charge is 0.413 e. The summed E-state index contributed by atoms with van der Waals surface area (Å²) in [5, 5.41) is 1.21. The molecule has 0 aliphatic rings. The molecule has 2 heterocycles. The van der Waals surface area contributed by atoms with E-state index in [4.69, 9.17) is 4.43 Å². The van der Waals surface area contributed by atoms with Crippen molar-refractivity contribution in [3.05, 3.63) is 42.7 Å². The molecule has 0 aliphatic carbocycles. The van der Waals surface area contributed by atoms with Crippen LogP contribution in [0.1, 0.15) is 6.92 Å². The minimum atomic E-state index is -1.79. The van der Waals surface area contributed by atoms with E-state index in [1.165, 1.54) is 5.19 Å². The summed E-state index contributed by atoms with van der Waals surface area (Å²) in [5.41, 5.74) is 1.81. The first kappa shape index (κ1) is 12.9. The van der Waals surface area contributed by atoms with Crippen LogP contribution in [0.5, 0.6) is 0 Å². The molecule has 0 atom stereocenters. The lowest BCUT2D eigenvalue weighted by Gasteiger charge is -2.22. The van der Waals surface area contributed by atoms with E-state index in [-0.39, 0.29) is 0 Å². The lowest BCUT2D eigenvalue weighted by atomic mass is 10.2. The molecule has 0 unspecified atom stereocenters. The van der Waals surface area contributed by atoms with Gasteiger partial charge in [-0.3, -0.25) is 9.97 Å². The Balaban J connectivity index is 2.26. The van der Waals surface area contributed by atoms with Crippen LogP contribution in [-0.2, 0) is 4.43 Å². The Morgan fingerprint density at radius 2 is 1.83 bits per heavy atom. The van der Waals surface area contributed by atoms with Crippen molar-refractivity contribution in [3.63, 3.8) is 0 Å². The Hall–Kier alpha value is -1.52. The van der Waals surface area contributed by atoms with Crippen LogP contribution in [0, 0.1) is 0 Å². The summed E-state index contributed by atoms with van der Waals surface area (Å²) in [6, 6.07) is 9.97. The summed E-state index contributed by atoms with van der Waals surface area (Å²) in [5.74, 6) is 0. The molecule has 0 fully saturated rings. The smallest absolute Gasteiger partial charge is 0.219 e. The number of aromatic nitrogens is 2. The number of hydrogen-bond acceptors (Lipinski definition) is 3. The molecular weight excluding hydrogens is 240 g/mol. The van der Waals surface area contributed by atoms with Crippen molar-refractivity contribution in [1.82, 2.24) is 9.97 Å². The normalized spacial score (nSPS) is 11.5. The van der Waals surface area contributed by atoms with E-state index < -0.39 is 8.32 Å². The molecule has 0 bridgehead atoms. The Morgan fingerprint density at radius 1 is 1.06 bits per heavy atom. The van der Waals surface area contributed by atoms with Gasteiger partial charge in [0.1, 0.15) is 0 Å². The number of nitrogens with zero attached hydrogens (tertiary/aromatic N) is 2. The topological polar surface area (TPSA) is 35.0 Å². The highest BCUT2D eigenvalue weighted by molar-refractivity contribution is 6.84. The van der Waals surface area contributed by atoms with E-state index in [0.29, 0.717) is 0 Å². The van der Waals surface area contributed by atoms with E-state index in [2.05, 4.69) is 29.1 Å². The molecule has 18 heavy (non-hydrogen) atoms. The van der Waals surface area contributed by atoms with E-state index in [0.717, 1.165) is 18.0 Å². The second-order valence-corrected chi connectivity index (χ2v) is 8.48. The molecule has 0 spiro atoms. The first-order valence-electron chi connectivity index (χ1n) is 6.15. The molecule has 2 aromatic heterocycles. The average molecular weight is 258 g/mol. The molecule has 0 aliphatic heterocycles. The molecule has 4 heteroatoms. The van der Waals surface area contributed by atoms with Crippen molar-refractivity contribution in [1.29, 1.82) is 0 Å². The maximum atomic E-state index is 5.84. The van der Waals surface area contributed by atoms with Gasteiger partial charge in [-0.25, -0.2) is 0 Å². The van der Waals surface area contributed by atoms with Crippen LogP contribution in [0.15, 0.2) is 42.7 Å². The number of hydrogen-bond donors (Lipinski definition) is 0. The fourth-order valence-electron chi connectivity index (χ4n) is 1.86. The van der Waals surface area contributed by atoms with Gasteiger partial charge in [-0.2, -0.15) is 0 Å². The van der Waals surface area contributed by atoms with Crippen molar-refractivity contribution in [2.24, 2.45) is 0 Å². The summed E-state index contributed by atoms with van der Waals surface area (Å²) < 4.78 is 5.84. The molecule has 2 aromatic rings. The van der Waals surface area contributed by atoms with Crippen molar-refractivity contribution in [2.75, 3.05) is 6.61 Å². The molecule has 2 rings (SSSR count). The zero-order valence-corrected chi connectivity index (χ0v) is 12.1. The van der Waals surface area contributed by atoms with Gasteiger partial charge < -0.3 is 4.43 Å². The molecule has 0 saturated heterocycles. The number of rotatable bonds is 4. The first-order chi connectivity index (χ1) is 8.63. The molecule has 0 aromatic carbocycles. The van der Waals surface area contributed by atoms with E-state index in [1.807, 2.05) is 37.4 Å². The van der Waals surface area contributed by atoms with Crippen molar-refractivity contribution < 1.29 is 4.43 Å². The molecule has 0 N–H and O–H groups in total. The van der Waals surface area contributed by atoms with Crippen LogP contribution in [0.4, 0.5) is 0 Å². The van der Waals surface area contributed by atoms with Gasteiger partial charge in [-0.05, 0) is 43.4 Å². The summed E-state index contributed by atoms with van der Waals surface area (Å²) in [6.45, 7) is 7.16. The van der Waals surface area contributed by atoms with E-state index in [9.17, 15) is 0 Å². The highest BCUT2D eigenvalue weighted by Crippen LogP contribution is 2.13. The minimum Gasteiger partial charge on any atom is -0.413 e. The predicted octanol–water partition coefficient (Wildman–Crippen LogP) is 2.59. The third-order valence-electron chi connectivity index (χ3n) is 2.89. The molecule has 0 saturated carbocycles. The molecular formula is C14H18N2OSi. The van der Waals surface area contributed by atoms with Gasteiger partial charge >= 0.3 is 0 Å². The van der Waals surface area contributed by atoms with Crippen LogP contribution in [0.2, 0.25) is 13.1 Å². The Labute approximate surface area is 109 Å². The van der Waals surface area contributed by atoms with Gasteiger partial charge in [0.05, 0.1) is 11.4 Å². The van der Waals surface area contributed by atoms with Crippen molar-refractivity contribution >= 4 is 13.5 Å². The first-order valence-corrected chi connectivity index (χ1v) is 9.06. The second-order valence-electron chi connectivity index (χ2n) is 4.59. The van der Waals surface area contributed by atoms with Crippen LogP contribution in [-0.4, -0.2) is 24.9 Å². The summed E-state index contributed by atoms with van der Waals surface area (Å²) in [4.78, 5) is 8.78. The fourth-order valence-corrected chi connectivity index (χ4v) is 3.61. The van der Waals surface area contributed by atoms with Crippen molar-refractivity contribution in [3.8, 4) is 11.4 Å². The van der Waals surface area contributed by atoms with Crippen LogP contribution < -0.4 is 5.19 Å². The van der Waals surface area contributed by atoms with Crippen molar-refractivity contribution in [2.45, 2.75) is 20.0 Å². The van der Waals surface area contributed by atoms with Crippen LogP contribution in [0.3, 0.4) is 0 Å². The average Bonchev–Trinajstić information content (AvgIpc) is 2.40. The monoisotopic (exact) mass is 258 g/mol. The Kier molecular flexibility index (Phi) is 3.89. The van der Waals surface area contributed by atoms with Gasteiger partial charge in [0, 0.05) is 19.0 Å². The van der Waals surface area contributed by atoms with E-state index in [1.54, 1.807) is 6.20 Å². The summed E-state index contributed by atoms with van der Waals surface area (Å²) in [6.07, 6.45) is 3.70. The SMILES string of the molecule is CCO[Si](C)(C)c1ccc(-c2ccccn2)nc1. The Bertz CT molecular complexity index is 497. The summed E-state index contributed by atoms with van der Waals surface area (Å²) >= 11 is 0. The molecule has 0 radical (unpaired) electrons. The van der Waals surface area contributed by atoms with Gasteiger partial charge in [0.25, 0.3) is 0 Å².